The first-order chi connectivity index (χ1) is 5.45. The van der Waals surface area contributed by atoms with Crippen LogP contribution in [0.15, 0.2) is 0 Å². The highest BCUT2D eigenvalue weighted by atomic mass is 32.1. The Hall–Kier alpha value is 0.480. The van der Waals surface area contributed by atoms with Gasteiger partial charge in [-0.05, 0) is 13.8 Å². The van der Waals surface area contributed by atoms with E-state index in [1.54, 1.807) is 0 Å². The lowest BCUT2D eigenvalue weighted by Crippen LogP contribution is -2.24. The molecule has 12 heavy (non-hydrogen) atoms. The van der Waals surface area contributed by atoms with Gasteiger partial charge in [0.25, 0.3) is 0 Å². The van der Waals surface area contributed by atoms with Crippen molar-refractivity contribution in [1.82, 2.24) is 4.90 Å². The molecule has 0 saturated heterocycles. The lowest BCUT2D eigenvalue weighted by atomic mass is 10.6. The molecule has 0 saturated carbocycles. The third-order valence-electron chi connectivity index (χ3n) is 1.03. The Labute approximate surface area is 95.7 Å². The number of thiol groups is 2. The first-order valence-corrected chi connectivity index (χ1v) is 5.13. The number of nitrogens with zero attached hydrogens (tertiary/aromatic N) is 1. The van der Waals surface area contributed by atoms with Crippen LogP contribution in [-0.4, -0.2) is 26.6 Å². The molecule has 0 bridgehead atoms. The topological polar surface area (TPSA) is 29.3 Å². The van der Waals surface area contributed by atoms with Crippen LogP contribution in [0.25, 0.3) is 0 Å². The average molecular weight is 242 g/mol. The van der Waals surface area contributed by atoms with E-state index >= 15 is 0 Å². The van der Waals surface area contributed by atoms with Crippen LogP contribution < -0.4 is 5.73 Å². The molecule has 0 atom stereocenters. The van der Waals surface area contributed by atoms with Crippen molar-refractivity contribution in [2.24, 2.45) is 5.73 Å². The molecule has 0 unspecified atom stereocenters. The van der Waals surface area contributed by atoms with Gasteiger partial charge in [-0.25, -0.2) is 0 Å². The van der Waals surface area contributed by atoms with E-state index in [-0.39, 0.29) is 4.32 Å². The van der Waals surface area contributed by atoms with Gasteiger partial charge in [0.15, 0.2) is 0 Å². The molecule has 0 aromatic heterocycles. The predicted molar refractivity (Wildman–Crippen MR) is 70.3 cm³/mol. The summed E-state index contributed by atoms with van der Waals surface area (Å²) in [5, 5.41) is 0. The first kappa shape index (κ1) is 15.0. The normalized spacial score (nSPS) is 8.00. The van der Waals surface area contributed by atoms with Gasteiger partial charge < -0.3 is 10.6 Å². The second-order valence-corrected chi connectivity index (χ2v) is 4.13. The number of thiocarbonyl (C=S) groups is 2. The highest BCUT2D eigenvalue weighted by Crippen LogP contribution is 1.93. The predicted octanol–water partition coefficient (Wildman–Crippen LogP) is 1.70. The molecule has 0 spiro atoms. The molecule has 72 valence electrons. The van der Waals surface area contributed by atoms with Gasteiger partial charge in [-0.2, -0.15) is 0 Å². The van der Waals surface area contributed by atoms with Gasteiger partial charge in [0.05, 0.1) is 0 Å². The molecule has 0 heterocycles. The van der Waals surface area contributed by atoms with Crippen molar-refractivity contribution in [1.29, 1.82) is 0 Å². The average Bonchev–Trinajstić information content (AvgIpc) is 1.87. The van der Waals surface area contributed by atoms with Gasteiger partial charge in [0.1, 0.15) is 8.64 Å². The van der Waals surface area contributed by atoms with Crippen molar-refractivity contribution in [2.45, 2.75) is 13.8 Å². The maximum absolute atomic E-state index is 4.81. The molecule has 0 radical (unpaired) electrons. The quantitative estimate of drug-likeness (QED) is 0.508. The van der Waals surface area contributed by atoms with Crippen LogP contribution in [0.3, 0.4) is 0 Å². The number of hydrogen-bond donors (Lipinski definition) is 3. The fraction of sp³-hybridized carbons (Fsp3) is 0.667. The van der Waals surface area contributed by atoms with E-state index in [0.717, 1.165) is 13.1 Å². The Bertz CT molecular complexity index is 140. The van der Waals surface area contributed by atoms with Gasteiger partial charge in [0, 0.05) is 13.1 Å². The lowest BCUT2D eigenvalue weighted by Gasteiger charge is -2.16. The van der Waals surface area contributed by atoms with Crippen molar-refractivity contribution in [3.05, 3.63) is 0 Å². The van der Waals surface area contributed by atoms with Gasteiger partial charge in [-0.1, -0.05) is 24.4 Å². The molecule has 2 nitrogen and oxygen atoms in total. The zero-order valence-electron chi connectivity index (χ0n) is 7.15. The van der Waals surface area contributed by atoms with Crippen LogP contribution in [0, 0.1) is 0 Å². The van der Waals surface area contributed by atoms with Crippen LogP contribution in [-0.2, 0) is 0 Å². The summed E-state index contributed by atoms with van der Waals surface area (Å²) >= 11 is 16.5. The molecule has 0 rings (SSSR count). The highest BCUT2D eigenvalue weighted by molar-refractivity contribution is 8.11. The lowest BCUT2D eigenvalue weighted by molar-refractivity contribution is 0.482. The fourth-order valence-electron chi connectivity index (χ4n) is 0.494. The monoisotopic (exact) mass is 242 g/mol. The Morgan fingerprint density at radius 2 is 1.50 bits per heavy atom. The fourth-order valence-corrected chi connectivity index (χ4v) is 1.04. The molecule has 0 amide bonds. The zero-order valence-corrected chi connectivity index (χ0v) is 10.6. The summed E-state index contributed by atoms with van der Waals surface area (Å²) in [6, 6.07) is 0. The Balaban J connectivity index is 0. The smallest absolute Gasteiger partial charge is 0.133 e. The van der Waals surface area contributed by atoms with Crippen molar-refractivity contribution >= 4 is 58.3 Å². The van der Waals surface area contributed by atoms with Crippen LogP contribution in [0.4, 0.5) is 0 Å². The van der Waals surface area contributed by atoms with E-state index in [4.69, 9.17) is 18.0 Å². The van der Waals surface area contributed by atoms with Gasteiger partial charge in [0.2, 0.25) is 0 Å². The van der Waals surface area contributed by atoms with Crippen molar-refractivity contribution in [3.63, 3.8) is 0 Å². The molecule has 0 aliphatic carbocycles. The number of nitrogens with two attached hydrogens (primary N) is 1. The van der Waals surface area contributed by atoms with Crippen molar-refractivity contribution < 1.29 is 0 Å². The minimum Gasteiger partial charge on any atom is -0.385 e. The molecule has 0 aromatic carbocycles. The second kappa shape index (κ2) is 9.57. The minimum atomic E-state index is 0.194. The van der Waals surface area contributed by atoms with Crippen LogP contribution >= 0.6 is 49.7 Å². The zero-order chi connectivity index (χ0) is 10.1. The highest BCUT2D eigenvalue weighted by Gasteiger charge is 1.96. The molecule has 0 aliphatic rings. The summed E-state index contributed by atoms with van der Waals surface area (Å²) in [5.74, 6) is 0. The van der Waals surface area contributed by atoms with E-state index in [1.807, 2.05) is 4.90 Å². The SMILES string of the molecule is CCN(CC)C(=S)S.NC(=S)S. The Morgan fingerprint density at radius 1 is 1.25 bits per heavy atom. The van der Waals surface area contributed by atoms with Gasteiger partial charge in [-0.15, -0.1) is 25.3 Å². The summed E-state index contributed by atoms with van der Waals surface area (Å²) in [6.45, 7) is 6.04. The molecule has 6 heteroatoms. The second-order valence-electron chi connectivity index (χ2n) is 1.79. The third kappa shape index (κ3) is 13.1. The minimum absolute atomic E-state index is 0.194. The van der Waals surface area contributed by atoms with Crippen LogP contribution in [0.2, 0.25) is 0 Å². The van der Waals surface area contributed by atoms with E-state index in [2.05, 4.69) is 51.3 Å². The van der Waals surface area contributed by atoms with E-state index in [0.29, 0.717) is 4.32 Å². The van der Waals surface area contributed by atoms with E-state index < -0.39 is 0 Å². The Kier molecular flexibility index (Phi) is 11.9. The van der Waals surface area contributed by atoms with Crippen molar-refractivity contribution in [2.75, 3.05) is 13.1 Å². The molecular weight excluding hydrogens is 228 g/mol. The molecule has 0 aromatic rings. The molecular formula is C6H14N2S4. The standard InChI is InChI=1S/C5H11NS2.CH3NS2/c1-3-6(4-2)5(7)8;2-1(3)4/h3-4H2,1-2H3,(H,7,8);(H3,2,3,4). The first-order valence-electron chi connectivity index (χ1n) is 3.41. The summed E-state index contributed by atoms with van der Waals surface area (Å²) in [4.78, 5) is 2.01. The van der Waals surface area contributed by atoms with Gasteiger partial charge in [-0.3, -0.25) is 0 Å². The van der Waals surface area contributed by atoms with Gasteiger partial charge >= 0.3 is 0 Å². The summed E-state index contributed by atoms with van der Waals surface area (Å²) < 4.78 is 0.884. The summed E-state index contributed by atoms with van der Waals surface area (Å²) in [5.41, 5.74) is 4.71. The number of rotatable bonds is 2. The third-order valence-corrected chi connectivity index (χ3v) is 1.58. The van der Waals surface area contributed by atoms with E-state index in [9.17, 15) is 0 Å². The molecule has 0 aliphatic heterocycles. The van der Waals surface area contributed by atoms with E-state index in [1.165, 1.54) is 0 Å². The molecule has 2 N–H and O–H groups in total. The molecule has 0 fully saturated rings. The Morgan fingerprint density at radius 3 is 1.50 bits per heavy atom. The van der Waals surface area contributed by atoms with Crippen LogP contribution in [0.5, 0.6) is 0 Å². The summed E-state index contributed by atoms with van der Waals surface area (Å²) in [7, 11) is 0. The van der Waals surface area contributed by atoms with Crippen molar-refractivity contribution in [3.8, 4) is 0 Å². The number of hydrogen-bond acceptors (Lipinski definition) is 2. The summed E-state index contributed by atoms with van der Waals surface area (Å²) in [6.07, 6.45) is 0. The maximum Gasteiger partial charge on any atom is 0.133 e. The maximum atomic E-state index is 4.81. The van der Waals surface area contributed by atoms with Crippen LogP contribution in [0.1, 0.15) is 13.8 Å². The largest absolute Gasteiger partial charge is 0.385 e.